The summed E-state index contributed by atoms with van der Waals surface area (Å²) in [6.45, 7) is 2.15. The molecule has 2 aromatic heterocycles. The molecule has 4 saturated carbocycles. The van der Waals surface area contributed by atoms with E-state index in [9.17, 15) is 5.26 Å². The van der Waals surface area contributed by atoms with E-state index in [1.54, 1.807) is 0 Å². The van der Waals surface area contributed by atoms with Gasteiger partial charge in [-0.2, -0.15) is 5.26 Å². The lowest BCUT2D eigenvalue weighted by Gasteiger charge is -2.54. The smallest absolute Gasteiger partial charge is 0.216 e. The van der Waals surface area contributed by atoms with Crippen LogP contribution >= 0.6 is 0 Å². The summed E-state index contributed by atoms with van der Waals surface area (Å²) in [4.78, 5) is 0. The van der Waals surface area contributed by atoms with Crippen molar-refractivity contribution in [2.45, 2.75) is 44.9 Å². The highest BCUT2D eigenvalue weighted by molar-refractivity contribution is 6.10. The van der Waals surface area contributed by atoms with E-state index < -0.39 is 0 Å². The van der Waals surface area contributed by atoms with Crippen LogP contribution in [0, 0.1) is 41.9 Å². The Morgan fingerprint density at radius 1 is 0.939 bits per heavy atom. The van der Waals surface area contributed by atoms with Crippen LogP contribution < -0.4 is 4.57 Å². The summed E-state index contributed by atoms with van der Waals surface area (Å²) in [5, 5.41) is 12.3. The number of rotatable bonds is 2. The Bertz CT molecular complexity index is 1440. The molecule has 33 heavy (non-hydrogen) atoms. The average Bonchev–Trinajstić information content (AvgIpc) is 3.16. The predicted molar refractivity (Wildman–Crippen MR) is 130 cm³/mol. The normalized spacial score (nSPS) is 28.0. The molecule has 2 heterocycles. The van der Waals surface area contributed by atoms with Gasteiger partial charge >= 0.3 is 0 Å². The van der Waals surface area contributed by atoms with Crippen molar-refractivity contribution in [2.24, 2.45) is 30.7 Å². The number of hydrogen-bond acceptors (Lipinski definition) is 2. The lowest BCUT2D eigenvalue weighted by atomic mass is 9.50. The quantitative estimate of drug-likeness (QED) is 0.326. The van der Waals surface area contributed by atoms with Gasteiger partial charge in [0.15, 0.2) is 6.20 Å². The van der Waals surface area contributed by atoms with Gasteiger partial charge in [-0.3, -0.25) is 0 Å². The van der Waals surface area contributed by atoms with Gasteiger partial charge in [0.1, 0.15) is 18.2 Å². The molecule has 164 valence electrons. The summed E-state index contributed by atoms with van der Waals surface area (Å²) < 4.78 is 8.78. The van der Waals surface area contributed by atoms with Crippen LogP contribution in [0.1, 0.15) is 54.7 Å². The Morgan fingerprint density at radius 2 is 1.70 bits per heavy atom. The molecule has 0 aliphatic heterocycles. The second-order valence-corrected chi connectivity index (χ2v) is 10.9. The minimum Gasteiger partial charge on any atom is -0.455 e. The van der Waals surface area contributed by atoms with Gasteiger partial charge in [-0.05, 0) is 97.9 Å². The molecular formula is C30H29N2O+. The van der Waals surface area contributed by atoms with E-state index in [-0.39, 0.29) is 0 Å². The first-order valence-electron chi connectivity index (χ1n) is 12.5. The first kappa shape index (κ1) is 19.4. The van der Waals surface area contributed by atoms with Crippen molar-refractivity contribution in [1.82, 2.24) is 0 Å². The Balaban J connectivity index is 1.45. The second-order valence-electron chi connectivity index (χ2n) is 10.9. The third-order valence-electron chi connectivity index (χ3n) is 9.04. The molecule has 4 fully saturated rings. The van der Waals surface area contributed by atoms with Crippen molar-refractivity contribution in [3.63, 3.8) is 0 Å². The van der Waals surface area contributed by atoms with Crippen LogP contribution in [0.2, 0.25) is 0 Å². The van der Waals surface area contributed by atoms with Crippen LogP contribution in [0.5, 0.6) is 0 Å². The number of nitrogens with zero attached hydrogens (tertiary/aromatic N) is 2. The van der Waals surface area contributed by atoms with E-state index in [2.05, 4.69) is 67.2 Å². The zero-order valence-corrected chi connectivity index (χ0v) is 19.3. The molecule has 0 N–H and O–H groups in total. The molecule has 4 aliphatic rings. The highest BCUT2D eigenvalue weighted by Crippen LogP contribution is 2.60. The Labute approximate surface area is 194 Å². The van der Waals surface area contributed by atoms with Gasteiger partial charge in [-0.1, -0.05) is 12.1 Å². The van der Waals surface area contributed by atoms with Gasteiger partial charge < -0.3 is 4.42 Å². The summed E-state index contributed by atoms with van der Waals surface area (Å²) >= 11 is 0. The minimum atomic E-state index is 0.526. The predicted octanol–water partition coefficient (Wildman–Crippen LogP) is 6.80. The summed E-state index contributed by atoms with van der Waals surface area (Å²) in [5.74, 6) is 3.88. The van der Waals surface area contributed by atoms with Gasteiger partial charge in [0.2, 0.25) is 5.69 Å². The number of aryl methyl sites for hydroxylation is 2. The van der Waals surface area contributed by atoms with E-state index in [4.69, 9.17) is 4.42 Å². The molecule has 0 amide bonds. The number of benzene rings is 2. The van der Waals surface area contributed by atoms with Gasteiger partial charge in [0.25, 0.3) is 0 Å². The maximum Gasteiger partial charge on any atom is 0.216 e. The van der Waals surface area contributed by atoms with Crippen LogP contribution in [0.4, 0.5) is 0 Å². The number of furan rings is 1. The Morgan fingerprint density at radius 3 is 2.39 bits per heavy atom. The molecule has 2 aromatic carbocycles. The van der Waals surface area contributed by atoms with Crippen LogP contribution in [-0.4, -0.2) is 0 Å². The molecule has 0 saturated heterocycles. The first-order chi connectivity index (χ1) is 16.1. The van der Waals surface area contributed by atoms with Gasteiger partial charge in [0.05, 0.1) is 17.2 Å². The molecule has 0 spiro atoms. The first-order valence-corrected chi connectivity index (χ1v) is 12.5. The molecular weight excluding hydrogens is 404 g/mol. The van der Waals surface area contributed by atoms with Gasteiger partial charge in [0, 0.05) is 22.9 Å². The SMILES string of the molecule is Cc1ccc2c(oc3cc(C4C5CC6CC(C5)CC4C6)c(C#N)cc32)c1-c1cccc[n+]1C. The zero-order chi connectivity index (χ0) is 22.3. The third kappa shape index (κ3) is 2.76. The second kappa shape index (κ2) is 6.94. The van der Waals surface area contributed by atoms with Crippen molar-refractivity contribution in [3.8, 4) is 17.3 Å². The van der Waals surface area contributed by atoms with E-state index in [1.165, 1.54) is 43.2 Å². The topological polar surface area (TPSA) is 40.8 Å². The lowest BCUT2D eigenvalue weighted by Crippen LogP contribution is -2.44. The molecule has 3 nitrogen and oxygen atoms in total. The molecule has 4 aromatic rings. The number of fused-ring (bicyclic) bond motifs is 3. The third-order valence-corrected chi connectivity index (χ3v) is 9.04. The zero-order valence-electron chi connectivity index (χ0n) is 19.3. The van der Waals surface area contributed by atoms with Crippen LogP contribution in [0.3, 0.4) is 0 Å². The summed E-state index contributed by atoms with van der Waals surface area (Å²) in [5.41, 5.74) is 7.45. The molecule has 8 rings (SSSR count). The number of aromatic nitrogens is 1. The van der Waals surface area contributed by atoms with Crippen molar-refractivity contribution in [3.05, 3.63) is 65.4 Å². The van der Waals surface area contributed by atoms with Gasteiger partial charge in [-0.15, -0.1) is 0 Å². The Hall–Kier alpha value is -3.12. The number of nitriles is 1. The summed E-state index contributed by atoms with van der Waals surface area (Å²) in [6.07, 6.45) is 8.95. The molecule has 0 unspecified atom stereocenters. The standard InChI is InChI=1S/C30H29N2O/c1-17-6-7-23-25-14-22(16-31)24(29-20-10-18-9-19(12-20)13-21(29)11-18)15-27(25)33-30(23)28(17)26-5-3-4-8-32(26)2/h3-8,14-15,18-21,29H,9-13H2,1-2H3/q+1. The summed E-state index contributed by atoms with van der Waals surface area (Å²) in [7, 11) is 2.08. The highest BCUT2D eigenvalue weighted by atomic mass is 16.3. The molecule has 4 aliphatic carbocycles. The fourth-order valence-corrected chi connectivity index (χ4v) is 7.91. The van der Waals surface area contributed by atoms with Crippen molar-refractivity contribution in [1.29, 1.82) is 5.26 Å². The van der Waals surface area contributed by atoms with Crippen molar-refractivity contribution in [2.75, 3.05) is 0 Å². The highest BCUT2D eigenvalue weighted by Gasteiger charge is 2.49. The maximum absolute atomic E-state index is 10.2. The minimum absolute atomic E-state index is 0.526. The van der Waals surface area contributed by atoms with Crippen LogP contribution in [-0.2, 0) is 7.05 Å². The maximum atomic E-state index is 10.2. The van der Waals surface area contributed by atoms with Crippen LogP contribution in [0.15, 0.2) is 53.1 Å². The molecule has 0 radical (unpaired) electrons. The largest absolute Gasteiger partial charge is 0.455 e. The van der Waals surface area contributed by atoms with Gasteiger partial charge in [-0.25, -0.2) is 4.57 Å². The lowest BCUT2D eigenvalue weighted by molar-refractivity contribution is -0.660. The van der Waals surface area contributed by atoms with E-state index in [0.717, 1.165) is 62.4 Å². The number of hydrogen-bond donors (Lipinski definition) is 0. The molecule has 4 bridgehead atoms. The number of pyridine rings is 1. The van der Waals surface area contributed by atoms with E-state index in [1.807, 2.05) is 6.07 Å². The van der Waals surface area contributed by atoms with E-state index in [0.29, 0.717) is 5.92 Å². The fourth-order valence-electron chi connectivity index (χ4n) is 7.91. The van der Waals surface area contributed by atoms with Crippen LogP contribution in [0.25, 0.3) is 33.2 Å². The average molecular weight is 434 g/mol. The molecule has 3 heteroatoms. The monoisotopic (exact) mass is 433 g/mol. The fraction of sp³-hybridized carbons (Fsp3) is 0.400. The van der Waals surface area contributed by atoms with Crippen molar-refractivity contribution < 1.29 is 8.98 Å². The Kier molecular flexibility index (Phi) is 4.07. The molecule has 0 atom stereocenters. The summed E-state index contributed by atoms with van der Waals surface area (Å²) in [6, 6.07) is 17.5. The van der Waals surface area contributed by atoms with Crippen molar-refractivity contribution >= 4 is 21.9 Å². The van der Waals surface area contributed by atoms with E-state index >= 15 is 0 Å².